The fourth-order valence-corrected chi connectivity index (χ4v) is 9.24. The van der Waals surface area contributed by atoms with E-state index in [9.17, 15) is 31.2 Å². The minimum absolute atomic E-state index is 0.00173. The predicted molar refractivity (Wildman–Crippen MR) is 183 cm³/mol. The predicted octanol–water partition coefficient (Wildman–Crippen LogP) is 7.31. The number of unbranched alkanes of at least 4 members (excludes halogenated alkanes) is 1. The molecule has 3 heterocycles. The van der Waals surface area contributed by atoms with E-state index in [-0.39, 0.29) is 38.1 Å². The Hall–Kier alpha value is -2.29. The van der Waals surface area contributed by atoms with Gasteiger partial charge in [-0.05, 0) is 50.2 Å². The van der Waals surface area contributed by atoms with Crippen molar-refractivity contribution in [3.05, 3.63) is 27.7 Å². The first-order valence-electron chi connectivity index (χ1n) is 17.5. The van der Waals surface area contributed by atoms with Crippen LogP contribution in [0.5, 0.6) is 0 Å². The molecule has 10 nitrogen and oxygen atoms in total. The molecule has 2 amide bonds. The van der Waals surface area contributed by atoms with Gasteiger partial charge in [0.05, 0.1) is 20.5 Å². The van der Waals surface area contributed by atoms with Crippen LogP contribution in [-0.2, 0) is 19.4 Å². The van der Waals surface area contributed by atoms with Gasteiger partial charge in [0.15, 0.2) is 9.84 Å². The fourth-order valence-electron chi connectivity index (χ4n) is 7.80. The molecule has 16 heteroatoms. The quantitative estimate of drug-likeness (QED) is 0.292. The number of nitrogens with zero attached hydrogens (tertiary/aromatic N) is 3. The lowest BCUT2D eigenvalue weighted by Gasteiger charge is -2.52. The normalized spacial score (nSPS) is 22.5. The number of rotatable bonds is 8. The molecular formula is C34H48Cl2F3N3O7S. The molecule has 4 fully saturated rings. The van der Waals surface area contributed by atoms with Crippen LogP contribution in [0.15, 0.2) is 17.0 Å². The highest BCUT2D eigenvalue weighted by molar-refractivity contribution is 7.90. The third-order valence-electron chi connectivity index (χ3n) is 10.7. The molecule has 3 saturated heterocycles. The highest BCUT2D eigenvalue weighted by atomic mass is 35.5. The molecule has 1 atom stereocenters. The summed E-state index contributed by atoms with van der Waals surface area (Å²) in [4.78, 5) is 41.8. The van der Waals surface area contributed by atoms with Crippen molar-refractivity contribution in [3.63, 3.8) is 0 Å². The molecule has 1 aliphatic carbocycles. The van der Waals surface area contributed by atoms with E-state index in [1.807, 2.05) is 4.90 Å². The van der Waals surface area contributed by atoms with E-state index >= 15 is 0 Å². The number of ether oxygens (including phenoxy) is 1. The van der Waals surface area contributed by atoms with Gasteiger partial charge in [0.25, 0.3) is 5.91 Å². The number of aliphatic carboxylic acids is 1. The first-order valence-corrected chi connectivity index (χ1v) is 20.1. The summed E-state index contributed by atoms with van der Waals surface area (Å²) in [6.45, 7) is 6.84. The molecule has 5 rings (SSSR count). The van der Waals surface area contributed by atoms with Crippen molar-refractivity contribution in [1.29, 1.82) is 0 Å². The molecule has 3 aliphatic heterocycles. The van der Waals surface area contributed by atoms with Gasteiger partial charge in [-0.3, -0.25) is 9.69 Å². The second-order valence-corrected chi connectivity index (χ2v) is 16.9. The maximum Gasteiger partial charge on any atom is 0.490 e. The van der Waals surface area contributed by atoms with Crippen LogP contribution in [0.4, 0.5) is 18.0 Å². The Bertz CT molecular complexity index is 1450. The minimum Gasteiger partial charge on any atom is -0.475 e. The lowest BCUT2D eigenvalue weighted by atomic mass is 9.75. The zero-order valence-corrected chi connectivity index (χ0v) is 31.0. The number of carbonyl (C=O) groups excluding carboxylic acids is 2. The van der Waals surface area contributed by atoms with Crippen LogP contribution in [0.2, 0.25) is 10.0 Å². The summed E-state index contributed by atoms with van der Waals surface area (Å²) >= 11 is 12.7. The van der Waals surface area contributed by atoms with Gasteiger partial charge in [-0.25, -0.2) is 18.0 Å². The summed E-state index contributed by atoms with van der Waals surface area (Å²) < 4.78 is 62.0. The molecule has 1 unspecified atom stereocenters. The fraction of sp³-hybridized carbons (Fsp3) is 0.735. The van der Waals surface area contributed by atoms with Crippen LogP contribution in [0, 0.1) is 11.8 Å². The minimum atomic E-state index is -5.08. The SMILES string of the molecule is CCCCC1CN(CC2CCCCC2)C(=O)OC12CCN(C1CCN(C(=O)c3c(Cl)cc(S(C)(=O)=O)cc3Cl)CC1)CC2.O=C(O)C(F)(F)F. The largest absolute Gasteiger partial charge is 0.490 e. The number of carboxylic acid groups (broad SMARTS) is 1. The Kier molecular flexibility index (Phi) is 13.8. The number of alkyl halides is 3. The average molecular weight is 771 g/mol. The summed E-state index contributed by atoms with van der Waals surface area (Å²) in [5.41, 5.74) is -0.211. The first kappa shape index (κ1) is 40.5. The van der Waals surface area contributed by atoms with E-state index in [4.69, 9.17) is 37.8 Å². The number of benzene rings is 1. The van der Waals surface area contributed by atoms with E-state index in [1.54, 1.807) is 4.90 Å². The van der Waals surface area contributed by atoms with E-state index < -0.39 is 22.0 Å². The molecule has 0 bridgehead atoms. The van der Waals surface area contributed by atoms with Crippen molar-refractivity contribution in [1.82, 2.24) is 14.7 Å². The third-order valence-corrected chi connectivity index (χ3v) is 12.3. The number of piperidine rings is 2. The van der Waals surface area contributed by atoms with Crippen LogP contribution in [0.1, 0.15) is 94.3 Å². The van der Waals surface area contributed by atoms with Gasteiger partial charge < -0.3 is 19.6 Å². The lowest BCUT2D eigenvalue weighted by molar-refractivity contribution is -0.192. The maximum atomic E-state index is 13.3. The topological polar surface area (TPSA) is 125 Å². The second-order valence-electron chi connectivity index (χ2n) is 14.1. The Labute approximate surface area is 302 Å². The summed E-state index contributed by atoms with van der Waals surface area (Å²) in [7, 11) is -3.50. The number of hydrogen-bond acceptors (Lipinski definition) is 7. The van der Waals surface area contributed by atoms with Crippen molar-refractivity contribution in [3.8, 4) is 0 Å². The van der Waals surface area contributed by atoms with Gasteiger partial charge in [-0.2, -0.15) is 13.2 Å². The van der Waals surface area contributed by atoms with Crippen LogP contribution < -0.4 is 0 Å². The Morgan fingerprint density at radius 1 is 1.00 bits per heavy atom. The van der Waals surface area contributed by atoms with Crippen molar-refractivity contribution in [2.24, 2.45) is 11.8 Å². The van der Waals surface area contributed by atoms with Gasteiger partial charge in [0.2, 0.25) is 0 Å². The molecule has 1 saturated carbocycles. The number of sulfone groups is 1. The van der Waals surface area contributed by atoms with Crippen LogP contribution >= 0.6 is 23.2 Å². The molecule has 1 aromatic carbocycles. The smallest absolute Gasteiger partial charge is 0.475 e. The highest BCUT2D eigenvalue weighted by Gasteiger charge is 2.50. The molecule has 1 N–H and O–H groups in total. The zero-order valence-electron chi connectivity index (χ0n) is 28.7. The number of halogens is 5. The van der Waals surface area contributed by atoms with Crippen molar-refractivity contribution in [2.45, 2.75) is 107 Å². The monoisotopic (exact) mass is 769 g/mol. The maximum absolute atomic E-state index is 13.3. The van der Waals surface area contributed by atoms with Crippen LogP contribution in [0.3, 0.4) is 0 Å². The van der Waals surface area contributed by atoms with Gasteiger partial charge in [-0.1, -0.05) is 62.2 Å². The average Bonchev–Trinajstić information content (AvgIpc) is 3.05. The number of carbonyl (C=O) groups is 3. The summed E-state index contributed by atoms with van der Waals surface area (Å²) in [5, 5.41) is 7.23. The van der Waals surface area contributed by atoms with Gasteiger partial charge in [-0.15, -0.1) is 0 Å². The number of hydrogen-bond donors (Lipinski definition) is 1. The second kappa shape index (κ2) is 17.0. The summed E-state index contributed by atoms with van der Waals surface area (Å²) in [5.74, 6) is -2.04. The molecule has 0 radical (unpaired) electrons. The van der Waals surface area contributed by atoms with Crippen molar-refractivity contribution in [2.75, 3.05) is 45.5 Å². The molecule has 50 heavy (non-hydrogen) atoms. The number of likely N-dealkylation sites (tertiary alicyclic amines) is 2. The van der Waals surface area contributed by atoms with Gasteiger partial charge >= 0.3 is 18.2 Å². The third kappa shape index (κ3) is 10.2. The Morgan fingerprint density at radius 3 is 2.06 bits per heavy atom. The van der Waals surface area contributed by atoms with E-state index in [0.29, 0.717) is 31.0 Å². The zero-order chi connectivity index (χ0) is 36.9. The van der Waals surface area contributed by atoms with Gasteiger partial charge in [0, 0.05) is 70.3 Å². The van der Waals surface area contributed by atoms with Crippen molar-refractivity contribution < 1.29 is 45.8 Å². The van der Waals surface area contributed by atoms with E-state index in [2.05, 4.69) is 11.8 Å². The molecule has 1 spiro atoms. The molecule has 1 aromatic rings. The van der Waals surface area contributed by atoms with Crippen LogP contribution in [0.25, 0.3) is 0 Å². The Morgan fingerprint density at radius 2 is 1.56 bits per heavy atom. The molecule has 0 aromatic heterocycles. The van der Waals surface area contributed by atoms with Crippen LogP contribution in [-0.4, -0.2) is 110 Å². The van der Waals surface area contributed by atoms with E-state index in [0.717, 1.165) is 77.4 Å². The number of carboxylic acids is 1. The molecule has 282 valence electrons. The van der Waals surface area contributed by atoms with Crippen molar-refractivity contribution >= 4 is 51.0 Å². The summed E-state index contributed by atoms with van der Waals surface area (Å²) in [6.07, 6.45) is 9.01. The Balaban J connectivity index is 0.000000727. The molecule has 4 aliphatic rings. The lowest BCUT2D eigenvalue weighted by Crippen LogP contribution is -2.61. The number of amides is 2. The van der Waals surface area contributed by atoms with E-state index in [1.165, 1.54) is 44.2 Å². The highest BCUT2D eigenvalue weighted by Crippen LogP contribution is 2.42. The molecular weight excluding hydrogens is 722 g/mol. The standard InChI is InChI=1S/C32H47Cl2N3O5S.C2HF3O2/c1-3-4-10-24-22-37(21-23-8-6-5-7-9-23)31(39)42-32(24)13-17-35(18-14-32)25-11-15-36(16-12-25)30(38)29-27(33)19-26(20-28(29)34)43(2,40)41;3-2(4,5)1(6)7/h19-20,23-25H,3-18,21-22H2,1-2H3;(H,6,7). The summed E-state index contributed by atoms with van der Waals surface area (Å²) in [6, 6.07) is 2.96. The van der Waals surface area contributed by atoms with Gasteiger partial charge in [0.1, 0.15) is 5.60 Å². The first-order chi connectivity index (χ1) is 23.4.